The van der Waals surface area contributed by atoms with E-state index in [1.165, 1.54) is 12.1 Å². The predicted octanol–water partition coefficient (Wildman–Crippen LogP) is 3.46. The fourth-order valence-corrected chi connectivity index (χ4v) is 2.90. The van der Waals surface area contributed by atoms with Crippen LogP contribution in [-0.2, 0) is 16.6 Å². The van der Waals surface area contributed by atoms with Gasteiger partial charge in [0.1, 0.15) is 5.82 Å². The number of carbonyl (C=O) groups excluding carboxylic acids is 1. The van der Waals surface area contributed by atoms with Gasteiger partial charge in [-0.1, -0.05) is 17.3 Å². The smallest absolute Gasteiger partial charge is 0.232 e. The van der Waals surface area contributed by atoms with E-state index in [4.69, 9.17) is 8.94 Å². The lowest BCUT2D eigenvalue weighted by Crippen LogP contribution is -2.36. The highest BCUT2D eigenvalue weighted by Crippen LogP contribution is 2.48. The lowest BCUT2D eigenvalue weighted by Gasteiger charge is -2.12. The molecular formula is C19H17FN2O3. The molecule has 3 aromatic rings. The molecule has 4 rings (SSSR count). The van der Waals surface area contributed by atoms with E-state index in [1.807, 2.05) is 0 Å². The molecule has 6 heteroatoms. The van der Waals surface area contributed by atoms with Crippen molar-refractivity contribution in [1.82, 2.24) is 10.5 Å². The first-order valence-electron chi connectivity index (χ1n) is 8.21. The van der Waals surface area contributed by atoms with Gasteiger partial charge in [-0.05, 0) is 49.1 Å². The summed E-state index contributed by atoms with van der Waals surface area (Å²) in [6.07, 6.45) is 3.71. The standard InChI is InChI=1S/C19H17FN2O3/c20-14-5-3-13(4-6-14)7-10-21-18(23)19(8-9-19)17-12-16(25-22-17)15-2-1-11-24-15/h1-6,11-12H,7-10H2,(H,21,23). The second kappa shape index (κ2) is 6.20. The molecular weight excluding hydrogens is 323 g/mol. The largest absolute Gasteiger partial charge is 0.461 e. The molecule has 1 amide bonds. The molecule has 2 heterocycles. The van der Waals surface area contributed by atoms with Crippen molar-refractivity contribution in [3.63, 3.8) is 0 Å². The quantitative estimate of drug-likeness (QED) is 0.746. The fourth-order valence-electron chi connectivity index (χ4n) is 2.90. The average molecular weight is 340 g/mol. The molecule has 0 spiro atoms. The molecule has 0 radical (unpaired) electrons. The number of nitrogens with zero attached hydrogens (tertiary/aromatic N) is 1. The van der Waals surface area contributed by atoms with Crippen molar-refractivity contribution in [3.05, 3.63) is 65.8 Å². The van der Waals surface area contributed by atoms with Crippen molar-refractivity contribution in [3.8, 4) is 11.5 Å². The van der Waals surface area contributed by atoms with Gasteiger partial charge < -0.3 is 14.3 Å². The van der Waals surface area contributed by atoms with Gasteiger partial charge >= 0.3 is 0 Å². The highest BCUT2D eigenvalue weighted by Gasteiger charge is 2.53. The third-order valence-corrected chi connectivity index (χ3v) is 4.56. The molecule has 2 aromatic heterocycles. The average Bonchev–Trinajstić information content (AvgIpc) is 3.03. The van der Waals surface area contributed by atoms with Gasteiger partial charge in [0.15, 0.2) is 5.76 Å². The van der Waals surface area contributed by atoms with Gasteiger partial charge in [-0.3, -0.25) is 4.79 Å². The predicted molar refractivity (Wildman–Crippen MR) is 88.2 cm³/mol. The number of rotatable bonds is 6. The first-order chi connectivity index (χ1) is 12.2. The summed E-state index contributed by atoms with van der Waals surface area (Å²) in [6.45, 7) is 0.495. The molecule has 0 bridgehead atoms. The minimum absolute atomic E-state index is 0.0473. The van der Waals surface area contributed by atoms with Crippen LogP contribution in [0.25, 0.3) is 11.5 Å². The third-order valence-electron chi connectivity index (χ3n) is 4.56. The summed E-state index contributed by atoms with van der Waals surface area (Å²) in [4.78, 5) is 12.6. The molecule has 0 unspecified atom stereocenters. The highest BCUT2D eigenvalue weighted by molar-refractivity contribution is 5.90. The van der Waals surface area contributed by atoms with Crippen LogP contribution in [0.1, 0.15) is 24.1 Å². The number of nitrogens with one attached hydrogen (secondary N) is 1. The number of amides is 1. The van der Waals surface area contributed by atoms with Gasteiger partial charge in [-0.2, -0.15) is 0 Å². The third kappa shape index (κ3) is 3.07. The van der Waals surface area contributed by atoms with Crippen molar-refractivity contribution >= 4 is 5.91 Å². The lowest BCUT2D eigenvalue weighted by atomic mass is 10.0. The molecule has 5 nitrogen and oxygen atoms in total. The Balaban J connectivity index is 1.39. The molecule has 1 aromatic carbocycles. The van der Waals surface area contributed by atoms with Crippen molar-refractivity contribution in [2.75, 3.05) is 6.54 Å². The fraction of sp³-hybridized carbons (Fsp3) is 0.263. The second-order valence-electron chi connectivity index (χ2n) is 6.27. The van der Waals surface area contributed by atoms with Crippen LogP contribution < -0.4 is 5.32 Å². The molecule has 128 valence electrons. The Morgan fingerprint density at radius 1 is 1.20 bits per heavy atom. The first-order valence-corrected chi connectivity index (χ1v) is 8.21. The number of furan rings is 1. The lowest BCUT2D eigenvalue weighted by molar-refractivity contribution is -0.123. The Morgan fingerprint density at radius 2 is 2.00 bits per heavy atom. The zero-order valence-electron chi connectivity index (χ0n) is 13.5. The van der Waals surface area contributed by atoms with Crippen molar-refractivity contribution in [2.45, 2.75) is 24.7 Å². The highest BCUT2D eigenvalue weighted by atomic mass is 19.1. The minimum atomic E-state index is -0.600. The summed E-state index contributed by atoms with van der Waals surface area (Å²) in [5.74, 6) is 0.800. The van der Waals surface area contributed by atoms with Crippen LogP contribution in [0.15, 0.2) is 57.7 Å². The number of aromatic nitrogens is 1. The zero-order valence-corrected chi connectivity index (χ0v) is 13.5. The van der Waals surface area contributed by atoms with Crippen LogP contribution in [0.5, 0.6) is 0 Å². The van der Waals surface area contributed by atoms with Gasteiger partial charge in [0.25, 0.3) is 0 Å². The SMILES string of the molecule is O=C(NCCc1ccc(F)cc1)C1(c2cc(-c3ccco3)on2)CC1. The van der Waals surface area contributed by atoms with Crippen LogP contribution in [0.3, 0.4) is 0 Å². The molecule has 0 atom stereocenters. The van der Waals surface area contributed by atoms with Crippen LogP contribution >= 0.6 is 0 Å². The normalized spacial score (nSPS) is 15.1. The van der Waals surface area contributed by atoms with E-state index in [-0.39, 0.29) is 11.7 Å². The Labute approximate surface area is 143 Å². The molecule has 0 saturated heterocycles. The summed E-state index contributed by atoms with van der Waals surface area (Å²) in [5.41, 5.74) is 1.02. The van der Waals surface area contributed by atoms with E-state index in [0.717, 1.165) is 18.4 Å². The Bertz CT molecular complexity index is 864. The maximum atomic E-state index is 12.9. The summed E-state index contributed by atoms with van der Waals surface area (Å²) in [7, 11) is 0. The number of hydrogen-bond donors (Lipinski definition) is 1. The molecule has 25 heavy (non-hydrogen) atoms. The van der Waals surface area contributed by atoms with Crippen LogP contribution in [0.4, 0.5) is 4.39 Å². The van der Waals surface area contributed by atoms with Crippen molar-refractivity contribution in [1.29, 1.82) is 0 Å². The van der Waals surface area contributed by atoms with Crippen molar-refractivity contribution < 1.29 is 18.1 Å². The van der Waals surface area contributed by atoms with Crippen molar-refractivity contribution in [2.24, 2.45) is 0 Å². The number of hydrogen-bond acceptors (Lipinski definition) is 4. The summed E-state index contributed by atoms with van der Waals surface area (Å²) < 4.78 is 23.5. The van der Waals surface area contributed by atoms with Crippen LogP contribution in [0, 0.1) is 5.82 Å². The van der Waals surface area contributed by atoms with Gasteiger partial charge in [0.05, 0.1) is 17.4 Å². The summed E-state index contributed by atoms with van der Waals surface area (Å²) in [5, 5.41) is 7.02. The molecule has 1 aliphatic rings. The van der Waals surface area contributed by atoms with Gasteiger partial charge in [-0.25, -0.2) is 4.39 Å². The minimum Gasteiger partial charge on any atom is -0.461 e. The van der Waals surface area contributed by atoms with Crippen LogP contribution in [-0.4, -0.2) is 17.6 Å². The molecule has 1 N–H and O–H groups in total. The van der Waals surface area contributed by atoms with E-state index in [2.05, 4.69) is 10.5 Å². The van der Waals surface area contributed by atoms with Gasteiger partial charge in [0.2, 0.25) is 11.7 Å². The Kier molecular flexibility index (Phi) is 3.87. The van der Waals surface area contributed by atoms with Crippen LogP contribution in [0.2, 0.25) is 0 Å². The number of carbonyl (C=O) groups is 1. The van der Waals surface area contributed by atoms with Gasteiger partial charge in [-0.15, -0.1) is 0 Å². The summed E-state index contributed by atoms with van der Waals surface area (Å²) in [6, 6.07) is 11.6. The Hall–Kier alpha value is -2.89. The zero-order chi connectivity index (χ0) is 17.3. The van der Waals surface area contributed by atoms with E-state index in [1.54, 1.807) is 36.6 Å². The monoisotopic (exact) mass is 340 g/mol. The van der Waals surface area contributed by atoms with E-state index in [9.17, 15) is 9.18 Å². The van der Waals surface area contributed by atoms with E-state index >= 15 is 0 Å². The first kappa shape index (κ1) is 15.6. The molecule has 1 aliphatic carbocycles. The second-order valence-corrected chi connectivity index (χ2v) is 6.27. The molecule has 1 fully saturated rings. The number of benzene rings is 1. The number of halogens is 1. The maximum absolute atomic E-state index is 12.9. The maximum Gasteiger partial charge on any atom is 0.232 e. The molecule has 1 saturated carbocycles. The summed E-state index contributed by atoms with van der Waals surface area (Å²) >= 11 is 0. The van der Waals surface area contributed by atoms with E-state index in [0.29, 0.717) is 30.2 Å². The molecule has 0 aliphatic heterocycles. The topological polar surface area (TPSA) is 68.3 Å². The van der Waals surface area contributed by atoms with E-state index < -0.39 is 5.41 Å². The Morgan fingerprint density at radius 3 is 2.68 bits per heavy atom. The van der Waals surface area contributed by atoms with Gasteiger partial charge in [0, 0.05) is 12.6 Å².